The third-order valence-corrected chi connectivity index (χ3v) is 8.66. The van der Waals surface area contributed by atoms with E-state index >= 15 is 0 Å². The zero-order chi connectivity index (χ0) is 22.4. The summed E-state index contributed by atoms with van der Waals surface area (Å²) in [5.74, 6) is 1.01. The number of amides is 1. The Bertz CT molecular complexity index is 921. The second-order valence-corrected chi connectivity index (χ2v) is 11.6. The molecular formula is C23H32N2O5S. The summed E-state index contributed by atoms with van der Waals surface area (Å²) in [5.41, 5.74) is 0.774. The van der Waals surface area contributed by atoms with Crippen molar-refractivity contribution in [3.8, 4) is 0 Å². The summed E-state index contributed by atoms with van der Waals surface area (Å²) in [6.07, 6.45) is 5.88. The van der Waals surface area contributed by atoms with E-state index in [2.05, 4.69) is 10.0 Å². The molecule has 0 radical (unpaired) electrons. The Morgan fingerprint density at radius 3 is 2.03 bits per heavy atom. The molecule has 0 unspecified atom stereocenters. The number of sulfonamides is 1. The Labute approximate surface area is 184 Å². The Hall–Kier alpha value is -1.93. The van der Waals surface area contributed by atoms with Crippen LogP contribution in [0.25, 0.3) is 0 Å². The second kappa shape index (κ2) is 8.20. The Balaban J connectivity index is 1.32. The molecule has 31 heavy (non-hydrogen) atoms. The highest BCUT2D eigenvalue weighted by Gasteiger charge is 2.51. The summed E-state index contributed by atoms with van der Waals surface area (Å²) >= 11 is 0. The van der Waals surface area contributed by atoms with Gasteiger partial charge in [-0.05, 0) is 89.2 Å². The number of hydrogen-bond donors (Lipinski definition) is 2. The molecule has 0 aliphatic heterocycles. The van der Waals surface area contributed by atoms with E-state index in [0.717, 1.165) is 24.8 Å². The van der Waals surface area contributed by atoms with E-state index in [1.54, 1.807) is 12.1 Å². The summed E-state index contributed by atoms with van der Waals surface area (Å²) in [5, 5.41) is 3.19. The number of esters is 1. The number of carbonyl (C=O) groups excluding carboxylic acids is 2. The van der Waals surface area contributed by atoms with Gasteiger partial charge in [-0.2, -0.15) is 4.72 Å². The predicted molar refractivity (Wildman–Crippen MR) is 116 cm³/mol. The number of nitrogens with one attached hydrogen (secondary N) is 2. The van der Waals surface area contributed by atoms with Crippen LogP contribution in [0.1, 0.15) is 57.9 Å². The lowest BCUT2D eigenvalue weighted by Gasteiger charge is -2.57. The normalized spacial score (nSPS) is 31.1. The van der Waals surface area contributed by atoms with Crippen molar-refractivity contribution >= 4 is 21.9 Å². The van der Waals surface area contributed by atoms with E-state index in [1.165, 1.54) is 45.2 Å². The quantitative estimate of drug-likeness (QED) is 0.625. The number of aryl methyl sites for hydroxylation is 1. The van der Waals surface area contributed by atoms with Gasteiger partial charge in [0.1, 0.15) is 6.04 Å². The van der Waals surface area contributed by atoms with Gasteiger partial charge in [0.15, 0.2) is 6.10 Å². The van der Waals surface area contributed by atoms with Crippen LogP contribution in [0.4, 0.5) is 0 Å². The molecule has 170 valence electrons. The molecule has 0 aromatic heterocycles. The first-order valence-corrected chi connectivity index (χ1v) is 12.6. The number of benzene rings is 1. The van der Waals surface area contributed by atoms with Gasteiger partial charge in [0, 0.05) is 5.54 Å². The van der Waals surface area contributed by atoms with Gasteiger partial charge in [0.05, 0.1) is 4.90 Å². The van der Waals surface area contributed by atoms with Gasteiger partial charge in [0.2, 0.25) is 10.0 Å². The minimum absolute atomic E-state index is 0.0744. The summed E-state index contributed by atoms with van der Waals surface area (Å²) in [6, 6.07) is 5.23. The highest BCUT2D eigenvalue weighted by atomic mass is 32.2. The molecule has 0 saturated heterocycles. The smallest absolute Gasteiger partial charge is 0.324 e. The van der Waals surface area contributed by atoms with Crippen LogP contribution in [0.2, 0.25) is 0 Å². The Morgan fingerprint density at radius 2 is 1.52 bits per heavy atom. The topological polar surface area (TPSA) is 102 Å². The molecule has 1 aromatic rings. The molecule has 2 atom stereocenters. The van der Waals surface area contributed by atoms with Gasteiger partial charge < -0.3 is 10.1 Å². The maximum atomic E-state index is 12.8. The first-order valence-electron chi connectivity index (χ1n) is 11.2. The number of hydrogen-bond acceptors (Lipinski definition) is 5. The van der Waals surface area contributed by atoms with Crippen molar-refractivity contribution < 1.29 is 22.7 Å². The fourth-order valence-corrected chi connectivity index (χ4v) is 7.21. The minimum atomic E-state index is -3.87. The summed E-state index contributed by atoms with van der Waals surface area (Å²) in [6.45, 7) is 4.81. The largest absolute Gasteiger partial charge is 0.451 e. The predicted octanol–water partition coefficient (Wildman–Crippen LogP) is 2.68. The molecule has 4 fully saturated rings. The molecule has 1 amide bonds. The number of rotatable bonds is 7. The summed E-state index contributed by atoms with van der Waals surface area (Å²) in [4.78, 5) is 25.3. The van der Waals surface area contributed by atoms with Gasteiger partial charge >= 0.3 is 5.97 Å². The van der Waals surface area contributed by atoms with Crippen LogP contribution in [0.3, 0.4) is 0 Å². The lowest BCUT2D eigenvalue weighted by Crippen LogP contribution is -2.61. The third-order valence-electron chi connectivity index (χ3n) is 7.11. The maximum Gasteiger partial charge on any atom is 0.324 e. The molecule has 4 saturated carbocycles. The van der Waals surface area contributed by atoms with Crippen molar-refractivity contribution in [3.63, 3.8) is 0 Å². The fraction of sp³-hybridized carbons (Fsp3) is 0.652. The molecule has 8 heteroatoms. The van der Waals surface area contributed by atoms with Gasteiger partial charge in [-0.25, -0.2) is 8.42 Å². The lowest BCUT2D eigenvalue weighted by molar-refractivity contribution is -0.157. The number of carbonyl (C=O) groups is 2. The van der Waals surface area contributed by atoms with Gasteiger partial charge in [0.25, 0.3) is 5.91 Å². The van der Waals surface area contributed by atoms with E-state index in [-0.39, 0.29) is 16.3 Å². The number of ether oxygens (including phenoxy) is 1. The Kier molecular flexibility index (Phi) is 5.89. The standard InChI is InChI=1S/C23H32N2O5S/c1-14-4-6-20(7-5-14)31(28,29)25-15(2)22(27)30-16(3)21(26)24-23-11-17-8-18(12-23)10-19(9-17)13-23/h4-7,15-19,25H,8-13H2,1-3H3,(H,24,26)/t15-,16-,17?,18?,19?,23?/m0/s1. The SMILES string of the molecule is Cc1ccc(S(=O)(=O)N[C@@H](C)C(=O)O[C@@H](C)C(=O)NC23CC4CC(CC(C4)C2)C3)cc1. The average molecular weight is 449 g/mol. The molecule has 7 nitrogen and oxygen atoms in total. The fourth-order valence-electron chi connectivity index (χ4n) is 6.02. The highest BCUT2D eigenvalue weighted by molar-refractivity contribution is 7.89. The van der Waals surface area contributed by atoms with Crippen LogP contribution in [-0.2, 0) is 24.3 Å². The van der Waals surface area contributed by atoms with Crippen LogP contribution in [0, 0.1) is 24.7 Å². The van der Waals surface area contributed by atoms with E-state index in [9.17, 15) is 18.0 Å². The van der Waals surface area contributed by atoms with E-state index in [1.807, 2.05) is 6.92 Å². The summed E-state index contributed by atoms with van der Waals surface area (Å²) < 4.78 is 32.6. The van der Waals surface area contributed by atoms with E-state index < -0.39 is 28.1 Å². The first kappa shape index (κ1) is 22.3. The second-order valence-electron chi connectivity index (χ2n) is 9.92. The maximum absolute atomic E-state index is 12.8. The monoisotopic (exact) mass is 448 g/mol. The molecule has 4 aliphatic carbocycles. The van der Waals surface area contributed by atoms with Crippen molar-refractivity contribution in [2.75, 3.05) is 0 Å². The highest BCUT2D eigenvalue weighted by Crippen LogP contribution is 2.55. The van der Waals surface area contributed by atoms with Crippen LogP contribution in [0.5, 0.6) is 0 Å². The van der Waals surface area contributed by atoms with Crippen molar-refractivity contribution in [1.29, 1.82) is 0 Å². The van der Waals surface area contributed by atoms with Crippen molar-refractivity contribution in [1.82, 2.24) is 10.0 Å². The summed E-state index contributed by atoms with van der Waals surface area (Å²) in [7, 11) is -3.87. The minimum Gasteiger partial charge on any atom is -0.451 e. The third kappa shape index (κ3) is 4.80. The van der Waals surface area contributed by atoms with Gasteiger partial charge in [-0.3, -0.25) is 9.59 Å². The van der Waals surface area contributed by atoms with Crippen LogP contribution in [-0.4, -0.2) is 38.0 Å². The molecule has 4 aliphatic rings. The zero-order valence-corrected chi connectivity index (χ0v) is 19.2. The van der Waals surface area contributed by atoms with Crippen molar-refractivity contribution in [2.45, 2.75) is 81.9 Å². The van der Waals surface area contributed by atoms with Crippen molar-refractivity contribution in [2.24, 2.45) is 17.8 Å². The average Bonchev–Trinajstić information content (AvgIpc) is 2.66. The molecule has 1 aromatic carbocycles. The first-order chi connectivity index (χ1) is 14.6. The lowest BCUT2D eigenvalue weighted by atomic mass is 9.53. The van der Waals surface area contributed by atoms with Crippen LogP contribution < -0.4 is 10.0 Å². The van der Waals surface area contributed by atoms with E-state index in [0.29, 0.717) is 17.8 Å². The molecule has 2 N–H and O–H groups in total. The molecule has 0 heterocycles. The van der Waals surface area contributed by atoms with Gasteiger partial charge in [-0.15, -0.1) is 0 Å². The van der Waals surface area contributed by atoms with Gasteiger partial charge in [-0.1, -0.05) is 17.7 Å². The molecule has 0 spiro atoms. The van der Waals surface area contributed by atoms with Crippen molar-refractivity contribution in [3.05, 3.63) is 29.8 Å². The van der Waals surface area contributed by atoms with Crippen LogP contribution in [0.15, 0.2) is 29.2 Å². The zero-order valence-electron chi connectivity index (χ0n) is 18.4. The molecular weight excluding hydrogens is 416 g/mol. The molecule has 4 bridgehead atoms. The molecule has 5 rings (SSSR count). The van der Waals surface area contributed by atoms with Crippen LogP contribution >= 0.6 is 0 Å². The Morgan fingerprint density at radius 1 is 1.00 bits per heavy atom. The van der Waals surface area contributed by atoms with E-state index in [4.69, 9.17) is 4.74 Å².